The molecule has 0 aliphatic carbocycles. The second-order valence-corrected chi connectivity index (χ2v) is 4.62. The Bertz CT molecular complexity index is 673. The Morgan fingerprint density at radius 1 is 1.24 bits per heavy atom. The van der Waals surface area contributed by atoms with E-state index in [-0.39, 0.29) is 22.9 Å². The van der Waals surface area contributed by atoms with Crippen molar-refractivity contribution in [3.63, 3.8) is 0 Å². The van der Waals surface area contributed by atoms with Crippen molar-refractivity contribution in [1.82, 2.24) is 0 Å². The summed E-state index contributed by atoms with van der Waals surface area (Å²) in [5, 5.41) is 9.00. The molecular weight excluding hydrogens is 299 g/mol. The minimum absolute atomic E-state index is 0.0317. The minimum Gasteiger partial charge on any atom is -0.493 e. The van der Waals surface area contributed by atoms with Crippen LogP contribution in [0.5, 0.6) is 11.5 Å². The van der Waals surface area contributed by atoms with E-state index in [1.54, 1.807) is 6.07 Å². The molecule has 0 aliphatic rings. The molecule has 0 radical (unpaired) electrons. The fraction of sp³-hybridized carbons (Fsp3) is 0.133. The van der Waals surface area contributed by atoms with E-state index in [2.05, 4.69) is 0 Å². The van der Waals surface area contributed by atoms with Crippen molar-refractivity contribution in [2.45, 2.75) is 6.61 Å². The van der Waals surface area contributed by atoms with E-state index in [1.807, 2.05) is 0 Å². The first-order valence-corrected chi connectivity index (χ1v) is 6.37. The van der Waals surface area contributed by atoms with E-state index in [1.165, 1.54) is 37.4 Å². The largest absolute Gasteiger partial charge is 0.493 e. The van der Waals surface area contributed by atoms with Gasteiger partial charge >= 0.3 is 5.97 Å². The summed E-state index contributed by atoms with van der Waals surface area (Å²) in [7, 11) is 1.45. The molecule has 2 aromatic rings. The summed E-state index contributed by atoms with van der Waals surface area (Å²) in [4.78, 5) is 10.9. The zero-order valence-electron chi connectivity index (χ0n) is 11.1. The van der Waals surface area contributed by atoms with Gasteiger partial charge in [-0.3, -0.25) is 0 Å². The first-order chi connectivity index (χ1) is 10.0. The smallest absolute Gasteiger partial charge is 0.335 e. The zero-order chi connectivity index (χ0) is 15.4. The minimum atomic E-state index is -1.07. The van der Waals surface area contributed by atoms with Gasteiger partial charge in [-0.05, 0) is 35.9 Å². The first-order valence-electron chi connectivity index (χ1n) is 5.99. The molecular formula is C15H12ClFO4. The van der Waals surface area contributed by atoms with Crippen LogP contribution in [0.1, 0.15) is 15.9 Å². The predicted molar refractivity (Wildman–Crippen MR) is 75.7 cm³/mol. The van der Waals surface area contributed by atoms with Gasteiger partial charge in [0, 0.05) is 0 Å². The predicted octanol–water partition coefficient (Wildman–Crippen LogP) is 3.76. The standard InChI is InChI=1S/C15H12ClFO4/c1-20-13-5-3-10(15(18)19)7-14(13)21-8-9-2-4-11(16)12(17)6-9/h2-7H,8H2,1H3,(H,18,19). The third-order valence-electron chi connectivity index (χ3n) is 2.79. The van der Waals surface area contributed by atoms with Gasteiger partial charge in [0.1, 0.15) is 12.4 Å². The number of carbonyl (C=O) groups is 1. The summed E-state index contributed by atoms with van der Waals surface area (Å²) in [5.74, 6) is -0.939. The van der Waals surface area contributed by atoms with Gasteiger partial charge in [-0.1, -0.05) is 17.7 Å². The van der Waals surface area contributed by atoms with Crippen LogP contribution in [0.25, 0.3) is 0 Å². The quantitative estimate of drug-likeness (QED) is 0.913. The van der Waals surface area contributed by atoms with Gasteiger partial charge in [0.15, 0.2) is 11.5 Å². The van der Waals surface area contributed by atoms with Crippen LogP contribution in [0.3, 0.4) is 0 Å². The third-order valence-corrected chi connectivity index (χ3v) is 3.10. The topological polar surface area (TPSA) is 55.8 Å². The van der Waals surface area contributed by atoms with Gasteiger partial charge in [0.2, 0.25) is 0 Å². The molecule has 0 aliphatic heterocycles. The van der Waals surface area contributed by atoms with E-state index < -0.39 is 11.8 Å². The molecule has 0 unspecified atom stereocenters. The average molecular weight is 311 g/mol. The molecule has 110 valence electrons. The van der Waals surface area contributed by atoms with Crippen LogP contribution in [0.2, 0.25) is 5.02 Å². The van der Waals surface area contributed by atoms with Gasteiger partial charge in [-0.25, -0.2) is 9.18 Å². The number of benzene rings is 2. The maximum Gasteiger partial charge on any atom is 0.335 e. The molecule has 0 spiro atoms. The van der Waals surface area contributed by atoms with Gasteiger partial charge in [-0.15, -0.1) is 0 Å². The van der Waals surface area contributed by atoms with Crippen molar-refractivity contribution in [3.05, 3.63) is 58.4 Å². The molecule has 0 saturated carbocycles. The highest BCUT2D eigenvalue weighted by Gasteiger charge is 2.10. The molecule has 21 heavy (non-hydrogen) atoms. The van der Waals surface area contributed by atoms with Crippen LogP contribution in [-0.4, -0.2) is 18.2 Å². The van der Waals surface area contributed by atoms with E-state index in [0.717, 1.165) is 0 Å². The number of methoxy groups -OCH3 is 1. The lowest BCUT2D eigenvalue weighted by molar-refractivity contribution is 0.0696. The summed E-state index contributed by atoms with van der Waals surface area (Å²) in [6.07, 6.45) is 0. The number of hydrogen-bond acceptors (Lipinski definition) is 3. The van der Waals surface area contributed by atoms with Crippen molar-refractivity contribution in [1.29, 1.82) is 0 Å². The second-order valence-electron chi connectivity index (χ2n) is 4.21. The van der Waals surface area contributed by atoms with Crippen molar-refractivity contribution in [3.8, 4) is 11.5 Å². The normalized spacial score (nSPS) is 10.2. The highest BCUT2D eigenvalue weighted by Crippen LogP contribution is 2.29. The summed E-state index contributed by atoms with van der Waals surface area (Å²) in [6, 6.07) is 8.58. The van der Waals surface area contributed by atoms with Crippen molar-refractivity contribution >= 4 is 17.6 Å². The van der Waals surface area contributed by atoms with Crippen molar-refractivity contribution in [2.75, 3.05) is 7.11 Å². The first kappa shape index (κ1) is 15.1. The fourth-order valence-corrected chi connectivity index (χ4v) is 1.83. The molecule has 1 N–H and O–H groups in total. The molecule has 0 fully saturated rings. The molecule has 0 aromatic heterocycles. The Labute approximate surface area is 125 Å². The molecule has 0 atom stereocenters. The van der Waals surface area contributed by atoms with E-state index >= 15 is 0 Å². The van der Waals surface area contributed by atoms with E-state index in [9.17, 15) is 9.18 Å². The van der Waals surface area contributed by atoms with Crippen LogP contribution < -0.4 is 9.47 Å². The van der Waals surface area contributed by atoms with Gasteiger partial charge in [0.25, 0.3) is 0 Å². The third kappa shape index (κ3) is 3.64. The van der Waals surface area contributed by atoms with Gasteiger partial charge in [-0.2, -0.15) is 0 Å². The number of aromatic carboxylic acids is 1. The molecule has 0 bridgehead atoms. The van der Waals surface area contributed by atoms with Gasteiger partial charge < -0.3 is 14.6 Å². The molecule has 4 nitrogen and oxygen atoms in total. The lowest BCUT2D eigenvalue weighted by Gasteiger charge is -2.11. The number of hydrogen-bond donors (Lipinski definition) is 1. The molecule has 2 rings (SSSR count). The molecule has 2 aromatic carbocycles. The Morgan fingerprint density at radius 2 is 2.00 bits per heavy atom. The number of ether oxygens (including phenoxy) is 2. The van der Waals surface area contributed by atoms with Crippen LogP contribution in [0.15, 0.2) is 36.4 Å². The monoisotopic (exact) mass is 310 g/mol. The zero-order valence-corrected chi connectivity index (χ0v) is 11.9. The Kier molecular flexibility index (Phi) is 4.65. The lowest BCUT2D eigenvalue weighted by atomic mass is 10.2. The SMILES string of the molecule is COc1ccc(C(=O)O)cc1OCc1ccc(Cl)c(F)c1. The Balaban J connectivity index is 2.19. The second kappa shape index (κ2) is 6.45. The lowest BCUT2D eigenvalue weighted by Crippen LogP contribution is -2.01. The summed E-state index contributed by atoms with van der Waals surface area (Å²) in [6.45, 7) is 0.0630. The fourth-order valence-electron chi connectivity index (χ4n) is 1.71. The maximum absolute atomic E-state index is 13.3. The highest BCUT2D eigenvalue weighted by molar-refractivity contribution is 6.30. The number of carboxylic acids is 1. The van der Waals surface area contributed by atoms with Crippen LogP contribution in [-0.2, 0) is 6.61 Å². The van der Waals surface area contributed by atoms with Crippen LogP contribution >= 0.6 is 11.6 Å². The van der Waals surface area contributed by atoms with E-state index in [0.29, 0.717) is 11.3 Å². The van der Waals surface area contributed by atoms with Crippen molar-refractivity contribution in [2.24, 2.45) is 0 Å². The molecule has 0 saturated heterocycles. The summed E-state index contributed by atoms with van der Waals surface area (Å²) < 4.78 is 23.9. The van der Waals surface area contributed by atoms with Crippen LogP contribution in [0.4, 0.5) is 4.39 Å². The van der Waals surface area contributed by atoms with E-state index in [4.69, 9.17) is 26.2 Å². The molecule has 0 amide bonds. The van der Waals surface area contributed by atoms with Crippen LogP contribution in [0, 0.1) is 5.82 Å². The molecule has 0 heterocycles. The number of rotatable bonds is 5. The highest BCUT2D eigenvalue weighted by atomic mass is 35.5. The summed E-state index contributed by atoms with van der Waals surface area (Å²) in [5.41, 5.74) is 0.646. The number of carboxylic acid groups (broad SMARTS) is 1. The van der Waals surface area contributed by atoms with Gasteiger partial charge in [0.05, 0.1) is 17.7 Å². The maximum atomic E-state index is 13.3. The number of halogens is 2. The Hall–Kier alpha value is -2.27. The summed E-state index contributed by atoms with van der Waals surface area (Å²) >= 11 is 5.60. The molecule has 6 heteroatoms. The Morgan fingerprint density at radius 3 is 2.62 bits per heavy atom. The average Bonchev–Trinajstić information content (AvgIpc) is 2.48. The van der Waals surface area contributed by atoms with Crippen molar-refractivity contribution < 1.29 is 23.8 Å².